The number of carbonyl (C=O) groups excluding carboxylic acids is 1. The molecule has 21 heavy (non-hydrogen) atoms. The summed E-state index contributed by atoms with van der Waals surface area (Å²) < 4.78 is 10.4. The fraction of sp³-hybridized carbons (Fsp3) is 0.429. The molecule has 2 N–H and O–H groups in total. The highest BCUT2D eigenvalue weighted by Crippen LogP contribution is 2.41. The average Bonchev–Trinajstić information content (AvgIpc) is 2.48. The maximum absolute atomic E-state index is 12.3. The van der Waals surface area contributed by atoms with Crippen LogP contribution in [0.2, 0.25) is 0 Å². The lowest BCUT2D eigenvalue weighted by atomic mass is 10.1. The molecule has 0 fully saturated rings. The van der Waals surface area contributed by atoms with Gasteiger partial charge in [-0.2, -0.15) is 0 Å². The van der Waals surface area contributed by atoms with Crippen LogP contribution in [0.15, 0.2) is 12.1 Å². The Morgan fingerprint density at radius 2 is 1.95 bits per heavy atom. The third-order valence-electron chi connectivity index (χ3n) is 3.39. The van der Waals surface area contributed by atoms with E-state index in [2.05, 4.69) is 5.32 Å². The predicted octanol–water partition coefficient (Wildman–Crippen LogP) is 1.33. The summed E-state index contributed by atoms with van der Waals surface area (Å²) in [5, 5.41) is 12.1. The van der Waals surface area contributed by atoms with Gasteiger partial charge in [0.05, 0.1) is 25.6 Å². The summed E-state index contributed by atoms with van der Waals surface area (Å²) in [6, 6.07) is 2.86. The van der Waals surface area contributed by atoms with Crippen LogP contribution in [0.3, 0.4) is 0 Å². The van der Waals surface area contributed by atoms with Crippen LogP contribution in [0.4, 0.5) is 11.4 Å². The Morgan fingerprint density at radius 1 is 1.33 bits per heavy atom. The number of anilines is 2. The lowest BCUT2D eigenvalue weighted by molar-refractivity contribution is -0.136. The summed E-state index contributed by atoms with van der Waals surface area (Å²) in [4.78, 5) is 24.6. The molecule has 7 nitrogen and oxygen atoms in total. The van der Waals surface area contributed by atoms with Crippen LogP contribution in [-0.2, 0) is 9.59 Å². The predicted molar refractivity (Wildman–Crippen MR) is 77.2 cm³/mol. The standard InChI is InChI=1S/C14H18N2O5/c1-4-8-14(19)16(7-13(17)18)10-6-12(21-3)11(20-2)5-9(10)15-8/h5-6,8,15H,4,7H2,1-3H3,(H,17,18). The molecule has 1 atom stereocenters. The molecule has 0 bridgehead atoms. The van der Waals surface area contributed by atoms with E-state index in [4.69, 9.17) is 14.6 Å². The first kappa shape index (κ1) is 15.0. The molecule has 0 aliphatic carbocycles. The van der Waals surface area contributed by atoms with Gasteiger partial charge in [0.15, 0.2) is 11.5 Å². The van der Waals surface area contributed by atoms with E-state index in [9.17, 15) is 9.59 Å². The molecule has 1 aliphatic heterocycles. The van der Waals surface area contributed by atoms with E-state index in [1.807, 2.05) is 6.92 Å². The van der Waals surface area contributed by atoms with Crippen LogP contribution < -0.4 is 19.7 Å². The molecule has 1 aromatic carbocycles. The minimum atomic E-state index is -1.07. The van der Waals surface area contributed by atoms with Gasteiger partial charge in [-0.3, -0.25) is 14.5 Å². The summed E-state index contributed by atoms with van der Waals surface area (Å²) in [7, 11) is 3.00. The first-order valence-corrected chi connectivity index (χ1v) is 6.57. The van der Waals surface area contributed by atoms with Crippen molar-refractivity contribution in [3.05, 3.63) is 12.1 Å². The minimum Gasteiger partial charge on any atom is -0.493 e. The molecule has 1 heterocycles. The third kappa shape index (κ3) is 2.72. The van der Waals surface area contributed by atoms with Crippen LogP contribution in [0.25, 0.3) is 0 Å². The SMILES string of the molecule is CCC1Nc2cc(OC)c(OC)cc2N(CC(=O)O)C1=O. The first-order valence-electron chi connectivity index (χ1n) is 6.57. The Balaban J connectivity index is 2.53. The van der Waals surface area contributed by atoms with Gasteiger partial charge in [-0.15, -0.1) is 0 Å². The maximum Gasteiger partial charge on any atom is 0.323 e. The summed E-state index contributed by atoms with van der Waals surface area (Å²) >= 11 is 0. The van der Waals surface area contributed by atoms with E-state index in [-0.39, 0.29) is 12.5 Å². The molecule has 1 aliphatic rings. The van der Waals surface area contributed by atoms with Gasteiger partial charge in [-0.25, -0.2) is 0 Å². The number of carboxylic acid groups (broad SMARTS) is 1. The van der Waals surface area contributed by atoms with Crippen LogP contribution in [-0.4, -0.2) is 43.8 Å². The second-order valence-corrected chi connectivity index (χ2v) is 4.65. The Kier molecular flexibility index (Phi) is 4.21. The molecule has 0 aromatic heterocycles. The Labute approximate surface area is 122 Å². The van der Waals surface area contributed by atoms with Crippen molar-refractivity contribution in [3.63, 3.8) is 0 Å². The number of nitrogens with zero attached hydrogens (tertiary/aromatic N) is 1. The molecular formula is C14H18N2O5. The van der Waals surface area contributed by atoms with Crippen molar-refractivity contribution in [2.45, 2.75) is 19.4 Å². The Hall–Kier alpha value is -2.44. The molecule has 1 aromatic rings. The number of hydrogen-bond donors (Lipinski definition) is 2. The first-order chi connectivity index (χ1) is 10.0. The molecule has 1 unspecified atom stereocenters. The number of fused-ring (bicyclic) bond motifs is 1. The third-order valence-corrected chi connectivity index (χ3v) is 3.39. The van der Waals surface area contributed by atoms with Gasteiger partial charge >= 0.3 is 5.97 Å². The average molecular weight is 294 g/mol. The topological polar surface area (TPSA) is 88.1 Å². The van der Waals surface area contributed by atoms with Crippen LogP contribution in [0.1, 0.15) is 13.3 Å². The molecule has 114 valence electrons. The number of carboxylic acids is 1. The Bertz CT molecular complexity index is 573. The lowest BCUT2D eigenvalue weighted by Gasteiger charge is -2.34. The van der Waals surface area contributed by atoms with E-state index in [1.54, 1.807) is 12.1 Å². The number of amides is 1. The highest BCUT2D eigenvalue weighted by molar-refractivity contribution is 6.07. The van der Waals surface area contributed by atoms with Crippen molar-refractivity contribution >= 4 is 23.3 Å². The van der Waals surface area contributed by atoms with E-state index in [0.717, 1.165) is 0 Å². The lowest BCUT2D eigenvalue weighted by Crippen LogP contribution is -2.48. The molecule has 0 saturated heterocycles. The van der Waals surface area contributed by atoms with E-state index >= 15 is 0 Å². The second-order valence-electron chi connectivity index (χ2n) is 4.65. The second kappa shape index (κ2) is 5.90. The molecule has 0 radical (unpaired) electrons. The summed E-state index contributed by atoms with van der Waals surface area (Å²) in [5.41, 5.74) is 1.13. The number of aliphatic carboxylic acids is 1. The number of rotatable bonds is 5. The van der Waals surface area contributed by atoms with E-state index in [0.29, 0.717) is 29.3 Å². The van der Waals surface area contributed by atoms with Gasteiger partial charge < -0.3 is 19.9 Å². The summed E-state index contributed by atoms with van der Waals surface area (Å²) in [6.45, 7) is 1.47. The van der Waals surface area contributed by atoms with Crippen LogP contribution in [0.5, 0.6) is 11.5 Å². The maximum atomic E-state index is 12.3. The quantitative estimate of drug-likeness (QED) is 0.851. The van der Waals surface area contributed by atoms with Gasteiger partial charge in [-0.1, -0.05) is 6.92 Å². The number of ether oxygens (including phenoxy) is 2. The molecular weight excluding hydrogens is 276 g/mol. The normalized spacial score (nSPS) is 17.0. The largest absolute Gasteiger partial charge is 0.493 e. The van der Waals surface area contributed by atoms with Crippen LogP contribution >= 0.6 is 0 Å². The van der Waals surface area contributed by atoms with Crippen LogP contribution in [0, 0.1) is 0 Å². The van der Waals surface area contributed by atoms with Gasteiger partial charge in [0.1, 0.15) is 12.6 Å². The fourth-order valence-electron chi connectivity index (χ4n) is 2.34. The number of nitrogens with one attached hydrogen (secondary N) is 1. The molecule has 7 heteroatoms. The number of methoxy groups -OCH3 is 2. The van der Waals surface area contributed by atoms with Crippen molar-refractivity contribution in [1.82, 2.24) is 0 Å². The molecule has 2 rings (SSSR count). The monoisotopic (exact) mass is 294 g/mol. The highest BCUT2D eigenvalue weighted by Gasteiger charge is 2.33. The smallest absolute Gasteiger partial charge is 0.323 e. The zero-order valence-corrected chi connectivity index (χ0v) is 12.2. The van der Waals surface area contributed by atoms with Crippen molar-refractivity contribution in [2.24, 2.45) is 0 Å². The number of benzene rings is 1. The number of hydrogen-bond acceptors (Lipinski definition) is 5. The fourth-order valence-corrected chi connectivity index (χ4v) is 2.34. The summed E-state index contributed by atoms with van der Waals surface area (Å²) in [6.07, 6.45) is 0.558. The van der Waals surface area contributed by atoms with Gasteiger partial charge in [0.2, 0.25) is 5.91 Å². The zero-order valence-electron chi connectivity index (χ0n) is 12.2. The van der Waals surface area contributed by atoms with Crippen molar-refractivity contribution in [2.75, 3.05) is 31.0 Å². The highest BCUT2D eigenvalue weighted by atomic mass is 16.5. The van der Waals surface area contributed by atoms with Crippen molar-refractivity contribution < 1.29 is 24.2 Å². The molecule has 0 spiro atoms. The minimum absolute atomic E-state index is 0.264. The van der Waals surface area contributed by atoms with Crippen molar-refractivity contribution in [3.8, 4) is 11.5 Å². The van der Waals surface area contributed by atoms with E-state index in [1.165, 1.54) is 19.1 Å². The van der Waals surface area contributed by atoms with E-state index < -0.39 is 12.0 Å². The summed E-state index contributed by atoms with van der Waals surface area (Å²) in [5.74, 6) is -0.375. The van der Waals surface area contributed by atoms with Gasteiger partial charge in [0, 0.05) is 12.1 Å². The molecule has 0 saturated carbocycles. The van der Waals surface area contributed by atoms with Crippen molar-refractivity contribution in [1.29, 1.82) is 0 Å². The zero-order chi connectivity index (χ0) is 15.6. The Morgan fingerprint density at radius 3 is 2.48 bits per heavy atom. The molecule has 1 amide bonds. The van der Waals surface area contributed by atoms with Gasteiger partial charge in [0.25, 0.3) is 0 Å². The van der Waals surface area contributed by atoms with Gasteiger partial charge in [-0.05, 0) is 6.42 Å². The number of carbonyl (C=O) groups is 2.